The molecule has 2 rings (SSSR count). The van der Waals surface area contributed by atoms with Gasteiger partial charge < -0.3 is 10.2 Å². The third kappa shape index (κ3) is 3.65. The van der Waals surface area contributed by atoms with Crippen molar-refractivity contribution in [3.63, 3.8) is 0 Å². The van der Waals surface area contributed by atoms with Gasteiger partial charge in [-0.1, -0.05) is 19.8 Å². The lowest BCUT2D eigenvalue weighted by atomic mass is 9.86. The maximum atomic E-state index is 12.8. The molecular weight excluding hydrogens is 269 g/mol. The number of nitrogens with zero attached hydrogens (tertiary/aromatic N) is 1. The molecule has 0 aromatic carbocycles. The van der Waals surface area contributed by atoms with Crippen molar-refractivity contribution in [1.29, 1.82) is 0 Å². The first-order valence-corrected chi connectivity index (χ1v) is 7.40. The summed E-state index contributed by atoms with van der Waals surface area (Å²) in [6.07, 6.45) is 0.199. The smallest absolute Gasteiger partial charge is 0.330 e. The molecular formula is C14H23F3N2O. The number of hydrogen-bond acceptors (Lipinski definition) is 2. The number of hydrogen-bond donors (Lipinski definition) is 1. The lowest BCUT2D eigenvalue weighted by Gasteiger charge is -2.39. The topological polar surface area (TPSA) is 32.3 Å². The normalized spacial score (nSPS) is 23.8. The van der Waals surface area contributed by atoms with Crippen LogP contribution in [0.15, 0.2) is 0 Å². The maximum Gasteiger partial charge on any atom is 0.406 e. The van der Waals surface area contributed by atoms with Crippen molar-refractivity contribution < 1.29 is 18.0 Å². The minimum absolute atomic E-state index is 0.275. The Bertz CT molecular complexity index is 345. The van der Waals surface area contributed by atoms with E-state index in [1.807, 2.05) is 6.92 Å². The molecule has 0 bridgehead atoms. The first kappa shape index (κ1) is 15.6. The number of alkyl halides is 3. The van der Waals surface area contributed by atoms with Crippen molar-refractivity contribution in [2.45, 2.75) is 57.7 Å². The van der Waals surface area contributed by atoms with E-state index in [4.69, 9.17) is 0 Å². The Morgan fingerprint density at radius 3 is 2.30 bits per heavy atom. The van der Waals surface area contributed by atoms with Gasteiger partial charge in [0.2, 0.25) is 5.91 Å². The number of nitrogens with one attached hydrogen (secondary N) is 1. The Hall–Kier alpha value is -0.780. The van der Waals surface area contributed by atoms with Crippen LogP contribution in [0.5, 0.6) is 0 Å². The molecule has 1 N–H and O–H groups in total. The Morgan fingerprint density at radius 1 is 1.25 bits per heavy atom. The third-order valence-corrected chi connectivity index (χ3v) is 4.58. The third-order valence-electron chi connectivity index (χ3n) is 4.58. The molecule has 1 amide bonds. The second-order valence-corrected chi connectivity index (χ2v) is 6.30. The lowest BCUT2D eigenvalue weighted by molar-refractivity contribution is -0.172. The predicted octanol–water partition coefficient (Wildman–Crippen LogP) is 2.71. The summed E-state index contributed by atoms with van der Waals surface area (Å²) >= 11 is 0. The van der Waals surface area contributed by atoms with E-state index in [-0.39, 0.29) is 11.9 Å². The van der Waals surface area contributed by atoms with Crippen LogP contribution in [0.25, 0.3) is 0 Å². The second-order valence-electron chi connectivity index (χ2n) is 6.30. The Morgan fingerprint density at radius 2 is 1.80 bits per heavy atom. The highest BCUT2D eigenvalue weighted by molar-refractivity contribution is 5.83. The summed E-state index contributed by atoms with van der Waals surface area (Å²) in [5, 5.41) is 3.13. The van der Waals surface area contributed by atoms with Gasteiger partial charge in [0.15, 0.2) is 0 Å². The van der Waals surface area contributed by atoms with E-state index in [0.29, 0.717) is 38.8 Å². The molecule has 1 heterocycles. The summed E-state index contributed by atoms with van der Waals surface area (Å²) in [5.41, 5.74) is -0.587. The zero-order valence-electron chi connectivity index (χ0n) is 11.9. The highest BCUT2D eigenvalue weighted by Crippen LogP contribution is 2.40. The molecule has 1 aliphatic heterocycles. The number of carbonyl (C=O) groups is 1. The second kappa shape index (κ2) is 5.92. The van der Waals surface area contributed by atoms with Crippen molar-refractivity contribution in [1.82, 2.24) is 10.2 Å². The predicted molar refractivity (Wildman–Crippen MR) is 70.2 cm³/mol. The molecule has 0 aromatic rings. The molecule has 0 spiro atoms. The minimum Gasteiger partial charge on any atom is -0.330 e. The fourth-order valence-electron chi connectivity index (χ4n) is 3.39. The highest BCUT2D eigenvalue weighted by Gasteiger charge is 2.44. The van der Waals surface area contributed by atoms with Gasteiger partial charge in [0.1, 0.15) is 6.54 Å². The zero-order chi connectivity index (χ0) is 14.8. The molecule has 1 saturated heterocycles. The van der Waals surface area contributed by atoms with Gasteiger partial charge in [-0.2, -0.15) is 13.2 Å². The number of piperidine rings is 1. The van der Waals surface area contributed by atoms with E-state index in [1.165, 1.54) is 0 Å². The van der Waals surface area contributed by atoms with Gasteiger partial charge in [-0.05, 0) is 38.8 Å². The van der Waals surface area contributed by atoms with Crippen LogP contribution in [0, 0.1) is 5.41 Å². The van der Waals surface area contributed by atoms with E-state index in [9.17, 15) is 18.0 Å². The first-order valence-electron chi connectivity index (χ1n) is 7.40. The van der Waals surface area contributed by atoms with Gasteiger partial charge in [0.25, 0.3) is 0 Å². The van der Waals surface area contributed by atoms with Crippen LogP contribution >= 0.6 is 0 Å². The van der Waals surface area contributed by atoms with Crippen molar-refractivity contribution in [2.75, 3.05) is 19.6 Å². The van der Waals surface area contributed by atoms with Crippen molar-refractivity contribution in [3.8, 4) is 0 Å². The van der Waals surface area contributed by atoms with Crippen LogP contribution in [0.1, 0.15) is 45.4 Å². The van der Waals surface area contributed by atoms with Gasteiger partial charge in [0.05, 0.1) is 0 Å². The summed E-state index contributed by atoms with van der Waals surface area (Å²) in [5.74, 6) is -0.292. The molecule has 0 radical (unpaired) electrons. The first-order chi connectivity index (χ1) is 9.32. The van der Waals surface area contributed by atoms with Crippen LogP contribution in [-0.4, -0.2) is 42.7 Å². The molecule has 1 saturated carbocycles. The molecule has 6 heteroatoms. The SMILES string of the molecule is CC1(C(=O)N(CC(F)(F)F)C2CCNCC2)CCCC1. The molecule has 116 valence electrons. The molecule has 1 aliphatic carbocycles. The standard InChI is InChI=1S/C14H23F3N2O/c1-13(6-2-3-7-13)12(20)19(10-14(15,16)17)11-4-8-18-9-5-11/h11,18H,2-10H2,1H3. The van der Waals surface area contributed by atoms with Gasteiger partial charge >= 0.3 is 6.18 Å². The average molecular weight is 292 g/mol. The summed E-state index contributed by atoms with van der Waals surface area (Å²) in [7, 11) is 0. The molecule has 2 fully saturated rings. The van der Waals surface area contributed by atoms with Gasteiger partial charge in [-0.25, -0.2) is 0 Å². The van der Waals surface area contributed by atoms with Crippen LogP contribution in [0.3, 0.4) is 0 Å². The van der Waals surface area contributed by atoms with E-state index < -0.39 is 18.1 Å². The van der Waals surface area contributed by atoms with Crippen LogP contribution in [0.4, 0.5) is 13.2 Å². The van der Waals surface area contributed by atoms with Gasteiger partial charge in [-0.15, -0.1) is 0 Å². The Kier molecular flexibility index (Phi) is 4.62. The van der Waals surface area contributed by atoms with Gasteiger partial charge in [0, 0.05) is 11.5 Å². The van der Waals surface area contributed by atoms with E-state index in [2.05, 4.69) is 5.32 Å². The number of carbonyl (C=O) groups excluding carboxylic acids is 1. The number of amides is 1. The molecule has 0 atom stereocenters. The molecule has 3 nitrogen and oxygen atoms in total. The van der Waals surface area contributed by atoms with Crippen molar-refractivity contribution in [2.24, 2.45) is 5.41 Å². The molecule has 20 heavy (non-hydrogen) atoms. The van der Waals surface area contributed by atoms with Crippen LogP contribution in [-0.2, 0) is 4.79 Å². The quantitative estimate of drug-likeness (QED) is 0.867. The number of rotatable bonds is 3. The Labute approximate surface area is 117 Å². The monoisotopic (exact) mass is 292 g/mol. The fraction of sp³-hybridized carbons (Fsp3) is 0.929. The molecule has 0 unspecified atom stereocenters. The lowest BCUT2D eigenvalue weighted by Crippen LogP contribution is -2.53. The molecule has 0 aromatic heterocycles. The average Bonchev–Trinajstić information content (AvgIpc) is 2.83. The molecule has 2 aliphatic rings. The van der Waals surface area contributed by atoms with Crippen LogP contribution < -0.4 is 5.32 Å². The highest BCUT2D eigenvalue weighted by atomic mass is 19.4. The van der Waals surface area contributed by atoms with Crippen LogP contribution in [0.2, 0.25) is 0 Å². The van der Waals surface area contributed by atoms with E-state index in [0.717, 1.165) is 17.7 Å². The zero-order valence-corrected chi connectivity index (χ0v) is 11.9. The Balaban J connectivity index is 2.14. The van der Waals surface area contributed by atoms with E-state index in [1.54, 1.807) is 0 Å². The number of halogens is 3. The summed E-state index contributed by atoms with van der Waals surface area (Å²) in [6, 6.07) is -0.275. The van der Waals surface area contributed by atoms with Gasteiger partial charge in [-0.3, -0.25) is 4.79 Å². The summed E-state index contributed by atoms with van der Waals surface area (Å²) < 4.78 is 38.5. The van der Waals surface area contributed by atoms with Crippen molar-refractivity contribution in [3.05, 3.63) is 0 Å². The largest absolute Gasteiger partial charge is 0.406 e. The summed E-state index contributed by atoms with van der Waals surface area (Å²) in [6.45, 7) is 2.09. The minimum atomic E-state index is -4.32. The van der Waals surface area contributed by atoms with E-state index >= 15 is 0 Å². The maximum absolute atomic E-state index is 12.8. The fourth-order valence-corrected chi connectivity index (χ4v) is 3.39. The summed E-state index contributed by atoms with van der Waals surface area (Å²) in [4.78, 5) is 13.8. The van der Waals surface area contributed by atoms with Crippen molar-refractivity contribution >= 4 is 5.91 Å².